The lowest BCUT2D eigenvalue weighted by Crippen LogP contribution is -2.15. The van der Waals surface area contributed by atoms with E-state index < -0.39 is 0 Å². The molecule has 0 saturated carbocycles. The van der Waals surface area contributed by atoms with E-state index in [1.807, 2.05) is 37.3 Å². The highest BCUT2D eigenvalue weighted by atomic mass is 16.7. The molecule has 2 aromatic carbocycles. The van der Waals surface area contributed by atoms with Crippen molar-refractivity contribution in [1.29, 1.82) is 0 Å². The van der Waals surface area contributed by atoms with Crippen molar-refractivity contribution in [3.05, 3.63) is 59.0 Å². The average Bonchev–Trinajstić information content (AvgIpc) is 3.02. The van der Waals surface area contributed by atoms with Gasteiger partial charge in [0.2, 0.25) is 6.79 Å². The lowest BCUT2D eigenvalue weighted by atomic mass is 9.84. The number of allylic oxidation sites excluding steroid dienone is 1. The first-order valence-electron chi connectivity index (χ1n) is 7.32. The molecule has 118 valence electrons. The number of fused-ring (bicyclic) bond motifs is 2. The topological polar surface area (TPSA) is 57.2 Å². The third-order valence-corrected chi connectivity index (χ3v) is 4.24. The fourth-order valence-corrected chi connectivity index (χ4v) is 3.02. The predicted molar refractivity (Wildman–Crippen MR) is 83.4 cm³/mol. The molecule has 5 nitrogen and oxygen atoms in total. The Balaban J connectivity index is 1.85. The summed E-state index contributed by atoms with van der Waals surface area (Å²) in [5.74, 6) is 2.51. The Kier molecular flexibility index (Phi) is 3.08. The van der Waals surface area contributed by atoms with E-state index in [0.717, 1.165) is 22.4 Å². The van der Waals surface area contributed by atoms with Crippen molar-refractivity contribution in [2.75, 3.05) is 13.9 Å². The summed E-state index contributed by atoms with van der Waals surface area (Å²) in [5.41, 5.74) is 2.73. The molecule has 0 aliphatic carbocycles. The first-order valence-corrected chi connectivity index (χ1v) is 7.32. The maximum absolute atomic E-state index is 10.2. The molecule has 2 heterocycles. The van der Waals surface area contributed by atoms with Gasteiger partial charge in [-0.15, -0.1) is 0 Å². The van der Waals surface area contributed by atoms with Crippen molar-refractivity contribution in [1.82, 2.24) is 0 Å². The Morgan fingerprint density at radius 2 is 1.74 bits per heavy atom. The van der Waals surface area contributed by atoms with Gasteiger partial charge in [-0.05, 0) is 30.7 Å². The van der Waals surface area contributed by atoms with Crippen molar-refractivity contribution in [3.8, 4) is 23.0 Å². The lowest BCUT2D eigenvalue weighted by molar-refractivity contribution is 0.173. The number of hydrogen-bond donors (Lipinski definition) is 1. The molecule has 1 N–H and O–H groups in total. The van der Waals surface area contributed by atoms with E-state index in [-0.39, 0.29) is 18.7 Å². The standard InChI is InChI=1S/C18H16O5/c1-10-17(11-3-5-12(20-2)6-4-11)13-7-15-16(22-9-21-15)8-14(13)23-18(10)19/h3-8,17,19H,9H2,1-2H3/t17-/m1/s1. The van der Waals surface area contributed by atoms with Crippen LogP contribution in [0.1, 0.15) is 24.0 Å². The molecule has 2 aliphatic heterocycles. The summed E-state index contributed by atoms with van der Waals surface area (Å²) in [6, 6.07) is 11.5. The third-order valence-electron chi connectivity index (χ3n) is 4.24. The molecule has 0 aromatic heterocycles. The number of rotatable bonds is 2. The van der Waals surface area contributed by atoms with Crippen LogP contribution in [0.5, 0.6) is 23.0 Å². The van der Waals surface area contributed by atoms with Crippen LogP contribution in [0.3, 0.4) is 0 Å². The van der Waals surface area contributed by atoms with Gasteiger partial charge in [-0.1, -0.05) is 12.1 Å². The zero-order chi connectivity index (χ0) is 16.0. The molecule has 0 bridgehead atoms. The molecule has 2 aromatic rings. The van der Waals surface area contributed by atoms with Crippen LogP contribution in [0.15, 0.2) is 47.9 Å². The van der Waals surface area contributed by atoms with Gasteiger partial charge in [-0.3, -0.25) is 0 Å². The summed E-state index contributed by atoms with van der Waals surface area (Å²) in [5, 5.41) is 10.2. The molecule has 2 aliphatic rings. The van der Waals surface area contributed by atoms with Crippen molar-refractivity contribution in [2.24, 2.45) is 0 Å². The maximum Gasteiger partial charge on any atom is 0.282 e. The number of aliphatic hydroxyl groups excluding tert-OH is 1. The highest BCUT2D eigenvalue weighted by Crippen LogP contribution is 2.48. The minimum Gasteiger partial charge on any atom is -0.497 e. The SMILES string of the molecule is COc1ccc([C@H]2C(C)=C(O)Oc3cc4c(cc32)OCO4)cc1. The monoisotopic (exact) mass is 312 g/mol. The largest absolute Gasteiger partial charge is 0.497 e. The number of hydrogen-bond acceptors (Lipinski definition) is 5. The van der Waals surface area contributed by atoms with Gasteiger partial charge < -0.3 is 24.1 Å². The fraction of sp³-hybridized carbons (Fsp3) is 0.222. The second-order valence-electron chi connectivity index (χ2n) is 5.54. The predicted octanol–water partition coefficient (Wildman–Crippen LogP) is 3.74. The van der Waals surface area contributed by atoms with Crippen LogP contribution in [-0.4, -0.2) is 19.0 Å². The Morgan fingerprint density at radius 1 is 1.04 bits per heavy atom. The molecular formula is C18H16O5. The first kappa shape index (κ1) is 13.8. The van der Waals surface area contributed by atoms with Crippen LogP contribution in [0.4, 0.5) is 0 Å². The van der Waals surface area contributed by atoms with E-state index in [1.54, 1.807) is 13.2 Å². The summed E-state index contributed by atoms with van der Waals surface area (Å²) < 4.78 is 21.6. The number of aliphatic hydroxyl groups is 1. The minimum absolute atomic E-state index is 0.0721. The second-order valence-corrected chi connectivity index (χ2v) is 5.54. The van der Waals surface area contributed by atoms with Gasteiger partial charge in [0.15, 0.2) is 11.5 Å². The highest BCUT2D eigenvalue weighted by Gasteiger charge is 2.31. The minimum atomic E-state index is -0.112. The van der Waals surface area contributed by atoms with Gasteiger partial charge in [-0.25, -0.2) is 0 Å². The quantitative estimate of drug-likeness (QED) is 0.915. The van der Waals surface area contributed by atoms with Crippen molar-refractivity contribution >= 4 is 0 Å². The first-order chi connectivity index (χ1) is 11.2. The summed E-state index contributed by atoms with van der Waals surface area (Å²) in [4.78, 5) is 0. The molecule has 0 radical (unpaired) electrons. The number of benzene rings is 2. The molecule has 23 heavy (non-hydrogen) atoms. The molecule has 0 saturated heterocycles. The summed E-state index contributed by atoms with van der Waals surface area (Å²) in [6.45, 7) is 2.06. The maximum atomic E-state index is 10.2. The van der Waals surface area contributed by atoms with Gasteiger partial charge in [0.25, 0.3) is 5.95 Å². The van der Waals surface area contributed by atoms with E-state index in [4.69, 9.17) is 18.9 Å². The average molecular weight is 312 g/mol. The van der Waals surface area contributed by atoms with Crippen molar-refractivity contribution in [3.63, 3.8) is 0 Å². The molecular weight excluding hydrogens is 296 g/mol. The highest BCUT2D eigenvalue weighted by molar-refractivity contribution is 5.59. The Bertz CT molecular complexity index is 792. The van der Waals surface area contributed by atoms with E-state index in [0.29, 0.717) is 17.2 Å². The molecule has 1 atom stereocenters. The van der Waals surface area contributed by atoms with Crippen molar-refractivity contribution < 1.29 is 24.1 Å². The van der Waals surface area contributed by atoms with Crippen LogP contribution in [0, 0.1) is 0 Å². The Morgan fingerprint density at radius 3 is 2.43 bits per heavy atom. The van der Waals surface area contributed by atoms with Crippen LogP contribution < -0.4 is 18.9 Å². The molecule has 4 rings (SSSR count). The summed E-state index contributed by atoms with van der Waals surface area (Å²) >= 11 is 0. The van der Waals surface area contributed by atoms with E-state index in [1.165, 1.54) is 0 Å². The van der Waals surface area contributed by atoms with Gasteiger partial charge in [0, 0.05) is 23.1 Å². The zero-order valence-electron chi connectivity index (χ0n) is 12.8. The third kappa shape index (κ3) is 2.16. The molecule has 0 fully saturated rings. The van der Waals surface area contributed by atoms with Crippen LogP contribution >= 0.6 is 0 Å². The Labute approximate surface area is 133 Å². The van der Waals surface area contributed by atoms with E-state index >= 15 is 0 Å². The molecule has 0 unspecified atom stereocenters. The van der Waals surface area contributed by atoms with E-state index in [2.05, 4.69) is 0 Å². The normalized spacial score (nSPS) is 18.4. The smallest absolute Gasteiger partial charge is 0.282 e. The van der Waals surface area contributed by atoms with E-state index in [9.17, 15) is 5.11 Å². The number of methoxy groups -OCH3 is 1. The fourth-order valence-electron chi connectivity index (χ4n) is 3.02. The van der Waals surface area contributed by atoms with Crippen LogP contribution in [0.2, 0.25) is 0 Å². The van der Waals surface area contributed by atoms with Gasteiger partial charge in [-0.2, -0.15) is 0 Å². The summed E-state index contributed by atoms with van der Waals surface area (Å²) in [6.07, 6.45) is 0. The second kappa shape index (κ2) is 5.12. The van der Waals surface area contributed by atoms with Gasteiger partial charge in [0.05, 0.1) is 7.11 Å². The van der Waals surface area contributed by atoms with Gasteiger partial charge in [0.1, 0.15) is 11.5 Å². The van der Waals surface area contributed by atoms with Crippen molar-refractivity contribution in [2.45, 2.75) is 12.8 Å². The lowest BCUT2D eigenvalue weighted by Gasteiger charge is -2.27. The van der Waals surface area contributed by atoms with Crippen LogP contribution in [0.25, 0.3) is 0 Å². The Hall–Kier alpha value is -2.82. The molecule has 5 heteroatoms. The van der Waals surface area contributed by atoms with Gasteiger partial charge >= 0.3 is 0 Å². The van der Waals surface area contributed by atoms with Crippen LogP contribution in [-0.2, 0) is 0 Å². The molecule has 0 amide bonds. The summed E-state index contributed by atoms with van der Waals surface area (Å²) in [7, 11) is 1.64. The number of ether oxygens (including phenoxy) is 4. The molecule has 0 spiro atoms. The zero-order valence-corrected chi connectivity index (χ0v) is 12.8.